The summed E-state index contributed by atoms with van der Waals surface area (Å²) in [6.45, 7) is 6.23. The summed E-state index contributed by atoms with van der Waals surface area (Å²) in [4.78, 5) is 12.5. The van der Waals surface area contributed by atoms with Crippen LogP contribution < -0.4 is 4.74 Å². The number of rotatable bonds is 7. The van der Waals surface area contributed by atoms with E-state index in [0.29, 0.717) is 12.3 Å². The van der Waals surface area contributed by atoms with Crippen molar-refractivity contribution in [2.24, 2.45) is 0 Å². The maximum Gasteiger partial charge on any atom is 0.235 e. The first-order valence-corrected chi connectivity index (χ1v) is 12.7. The van der Waals surface area contributed by atoms with Crippen LogP contribution in [0.5, 0.6) is 5.75 Å². The molecule has 0 radical (unpaired) electrons. The molecule has 8 heteroatoms. The zero-order valence-corrected chi connectivity index (χ0v) is 19.8. The predicted molar refractivity (Wildman–Crippen MR) is 134 cm³/mol. The summed E-state index contributed by atoms with van der Waals surface area (Å²) in [5.74, 6) is 0.590. The molecule has 0 spiro atoms. The summed E-state index contributed by atoms with van der Waals surface area (Å²) in [6, 6.07) is 13.8. The molecule has 1 N–H and O–H groups in total. The average Bonchev–Trinajstić information content (AvgIpc) is 3.49. The summed E-state index contributed by atoms with van der Waals surface area (Å²) in [7, 11) is -3.49. The summed E-state index contributed by atoms with van der Waals surface area (Å²) in [6.07, 6.45) is 6.77. The number of pyridine rings is 2. The van der Waals surface area contributed by atoms with E-state index in [1.807, 2.05) is 36.5 Å². The lowest BCUT2D eigenvalue weighted by Gasteiger charge is -2.23. The minimum Gasteiger partial charge on any atom is -0.490 e. The fraction of sp³-hybridized carbons (Fsp3) is 0.231. The van der Waals surface area contributed by atoms with Crippen LogP contribution in [0.1, 0.15) is 18.4 Å². The molecule has 0 bridgehead atoms. The van der Waals surface area contributed by atoms with Crippen molar-refractivity contribution in [3.63, 3.8) is 0 Å². The van der Waals surface area contributed by atoms with Crippen molar-refractivity contribution < 1.29 is 13.2 Å². The van der Waals surface area contributed by atoms with E-state index in [1.54, 1.807) is 12.4 Å². The van der Waals surface area contributed by atoms with E-state index in [2.05, 4.69) is 40.6 Å². The van der Waals surface area contributed by atoms with Crippen LogP contribution >= 0.6 is 0 Å². The highest BCUT2D eigenvalue weighted by Crippen LogP contribution is 2.41. The second kappa shape index (κ2) is 9.04. The van der Waals surface area contributed by atoms with Gasteiger partial charge < -0.3 is 9.72 Å². The Balaban J connectivity index is 1.56. The van der Waals surface area contributed by atoms with Crippen LogP contribution in [0.25, 0.3) is 33.4 Å². The zero-order valence-electron chi connectivity index (χ0n) is 18.9. The Morgan fingerprint density at radius 3 is 2.82 bits per heavy atom. The number of fused-ring (bicyclic) bond motifs is 1. The molecule has 0 amide bonds. The molecular weight excluding hydrogens is 448 g/mol. The van der Waals surface area contributed by atoms with E-state index in [0.717, 1.165) is 57.2 Å². The van der Waals surface area contributed by atoms with Gasteiger partial charge in [0.25, 0.3) is 0 Å². The molecule has 0 saturated carbocycles. The smallest absolute Gasteiger partial charge is 0.235 e. The van der Waals surface area contributed by atoms with Gasteiger partial charge in [-0.3, -0.25) is 9.97 Å². The molecule has 1 aromatic carbocycles. The minimum atomic E-state index is -3.49. The third-order valence-electron chi connectivity index (χ3n) is 6.30. The summed E-state index contributed by atoms with van der Waals surface area (Å²) in [5.41, 5.74) is 6.74. The number of aromatic amines is 1. The van der Waals surface area contributed by atoms with Gasteiger partial charge in [-0.05, 0) is 43.0 Å². The van der Waals surface area contributed by atoms with Crippen LogP contribution in [0, 0.1) is 6.92 Å². The Morgan fingerprint density at radius 1 is 1.21 bits per heavy atom. The highest BCUT2D eigenvalue weighted by Gasteiger charge is 2.33. The second-order valence-corrected chi connectivity index (χ2v) is 10.2. The Hall–Kier alpha value is -3.49. The van der Waals surface area contributed by atoms with Gasteiger partial charge in [0.2, 0.25) is 10.0 Å². The lowest BCUT2D eigenvalue weighted by Crippen LogP contribution is -2.37. The number of aromatic nitrogens is 3. The molecule has 1 saturated heterocycles. The largest absolute Gasteiger partial charge is 0.490 e. The SMILES string of the molecule is C=CS(=O)(=O)N1CCC[C@H]1COc1cnccc1-c1[nH]c2c(C)ccnc2c1-c1ccccc1. The molecule has 1 aliphatic heterocycles. The molecule has 4 heterocycles. The van der Waals surface area contributed by atoms with E-state index >= 15 is 0 Å². The van der Waals surface area contributed by atoms with Crippen molar-refractivity contribution in [3.05, 3.63) is 78.6 Å². The molecular formula is C26H26N4O3S. The lowest BCUT2D eigenvalue weighted by molar-refractivity contribution is 0.234. The average molecular weight is 475 g/mol. The normalized spacial score (nSPS) is 16.7. The van der Waals surface area contributed by atoms with Crippen LogP contribution in [0.2, 0.25) is 0 Å². The van der Waals surface area contributed by atoms with E-state index < -0.39 is 10.0 Å². The summed E-state index contributed by atoms with van der Waals surface area (Å²) >= 11 is 0. The first-order valence-electron chi connectivity index (χ1n) is 11.2. The van der Waals surface area contributed by atoms with Gasteiger partial charge in [-0.15, -0.1) is 0 Å². The maximum absolute atomic E-state index is 12.4. The number of aryl methyl sites for hydroxylation is 1. The van der Waals surface area contributed by atoms with Crippen LogP contribution in [0.3, 0.4) is 0 Å². The quantitative estimate of drug-likeness (QED) is 0.411. The van der Waals surface area contributed by atoms with Crippen LogP contribution in [-0.2, 0) is 10.0 Å². The third kappa shape index (κ3) is 3.99. The van der Waals surface area contributed by atoms with Crippen molar-refractivity contribution in [1.29, 1.82) is 0 Å². The number of hydrogen-bond donors (Lipinski definition) is 1. The number of benzene rings is 1. The van der Waals surface area contributed by atoms with Gasteiger partial charge >= 0.3 is 0 Å². The van der Waals surface area contributed by atoms with Crippen LogP contribution in [-0.4, -0.2) is 46.9 Å². The molecule has 1 fully saturated rings. The fourth-order valence-electron chi connectivity index (χ4n) is 4.59. The summed E-state index contributed by atoms with van der Waals surface area (Å²) in [5, 5.41) is 1.01. The number of nitrogens with one attached hydrogen (secondary N) is 1. The van der Waals surface area contributed by atoms with Gasteiger partial charge in [0, 0.05) is 35.5 Å². The molecule has 174 valence electrons. The molecule has 0 unspecified atom stereocenters. The second-order valence-electron chi connectivity index (χ2n) is 8.39. The first kappa shape index (κ1) is 22.3. The molecule has 34 heavy (non-hydrogen) atoms. The number of nitrogens with zero attached hydrogens (tertiary/aromatic N) is 3. The number of sulfonamides is 1. The number of ether oxygens (including phenoxy) is 1. The Kier molecular flexibility index (Phi) is 5.93. The van der Waals surface area contributed by atoms with Crippen LogP contribution in [0.15, 0.2) is 73.0 Å². The van der Waals surface area contributed by atoms with Gasteiger partial charge in [-0.1, -0.05) is 36.9 Å². The van der Waals surface area contributed by atoms with Crippen molar-refractivity contribution in [3.8, 4) is 28.1 Å². The molecule has 0 aliphatic carbocycles. The topological polar surface area (TPSA) is 88.2 Å². The molecule has 5 rings (SSSR count). The molecule has 3 aromatic heterocycles. The van der Waals surface area contributed by atoms with Crippen LogP contribution in [0.4, 0.5) is 0 Å². The highest BCUT2D eigenvalue weighted by atomic mass is 32.2. The standard InChI is InChI=1S/C26H26N4O3S/c1-3-34(31,32)30-15-7-10-20(30)17-33-22-16-27-13-12-21(22)25-23(19-8-5-4-6-9-19)26-24(29-25)18(2)11-14-28-26/h3-6,8-9,11-14,16,20,29H,1,7,10,15,17H2,2H3/t20-/m0/s1. The van der Waals surface area contributed by atoms with Gasteiger partial charge in [0.05, 0.1) is 29.0 Å². The van der Waals surface area contributed by atoms with Crippen molar-refractivity contribution in [1.82, 2.24) is 19.3 Å². The predicted octanol–water partition coefficient (Wildman–Crippen LogP) is 4.92. The monoisotopic (exact) mass is 474 g/mol. The molecule has 1 aliphatic rings. The van der Waals surface area contributed by atoms with E-state index in [-0.39, 0.29) is 12.6 Å². The zero-order chi connectivity index (χ0) is 23.7. The summed E-state index contributed by atoms with van der Waals surface area (Å²) < 4.78 is 32.4. The first-order chi connectivity index (χ1) is 16.5. The van der Waals surface area contributed by atoms with Gasteiger partial charge in [0.15, 0.2) is 0 Å². The molecule has 7 nitrogen and oxygen atoms in total. The third-order valence-corrected chi connectivity index (χ3v) is 7.86. The number of H-pyrrole nitrogens is 1. The van der Waals surface area contributed by atoms with E-state index in [9.17, 15) is 8.42 Å². The minimum absolute atomic E-state index is 0.240. The molecule has 4 aromatic rings. The van der Waals surface area contributed by atoms with E-state index in [1.165, 1.54) is 4.31 Å². The van der Waals surface area contributed by atoms with Crippen molar-refractivity contribution in [2.45, 2.75) is 25.8 Å². The van der Waals surface area contributed by atoms with Gasteiger partial charge in [0.1, 0.15) is 12.4 Å². The van der Waals surface area contributed by atoms with Gasteiger partial charge in [-0.25, -0.2) is 8.42 Å². The van der Waals surface area contributed by atoms with Crippen molar-refractivity contribution in [2.75, 3.05) is 13.2 Å². The fourth-order valence-corrected chi connectivity index (χ4v) is 5.75. The number of hydrogen-bond acceptors (Lipinski definition) is 5. The molecule has 1 atom stereocenters. The Labute approximate surface area is 199 Å². The van der Waals surface area contributed by atoms with Crippen molar-refractivity contribution >= 4 is 21.1 Å². The lowest BCUT2D eigenvalue weighted by atomic mass is 10.0. The Bertz CT molecular complexity index is 1450. The maximum atomic E-state index is 12.4. The van der Waals surface area contributed by atoms with Gasteiger partial charge in [-0.2, -0.15) is 4.31 Å². The van der Waals surface area contributed by atoms with E-state index in [4.69, 9.17) is 4.74 Å². The Morgan fingerprint density at radius 2 is 2.03 bits per heavy atom. The highest BCUT2D eigenvalue weighted by molar-refractivity contribution is 7.92.